The summed E-state index contributed by atoms with van der Waals surface area (Å²) in [5, 5.41) is 14.3. The third-order valence-electron chi connectivity index (χ3n) is 3.63. The molecule has 0 spiro atoms. The van der Waals surface area contributed by atoms with Crippen LogP contribution in [0.5, 0.6) is 11.5 Å². The molecule has 1 saturated heterocycles. The fraction of sp³-hybridized carbons (Fsp3) is 0.571. The minimum atomic E-state index is 0.241. The number of halogens is 1. The van der Waals surface area contributed by atoms with Gasteiger partial charge in [-0.2, -0.15) is 0 Å². The van der Waals surface area contributed by atoms with E-state index in [4.69, 9.17) is 16.3 Å². The van der Waals surface area contributed by atoms with E-state index >= 15 is 0 Å². The van der Waals surface area contributed by atoms with Crippen LogP contribution in [0.25, 0.3) is 0 Å². The lowest BCUT2D eigenvalue weighted by Gasteiger charge is -2.23. The molecule has 0 amide bonds. The standard InChI is InChI=1S/C14H20ClNO2/c1-9-12(15)7-11(13(17)14(9)18-2)6-10-4-3-5-16-8-10/h7,10,16-17H,3-6,8H2,1-2H3. The highest BCUT2D eigenvalue weighted by atomic mass is 35.5. The van der Waals surface area contributed by atoms with E-state index in [0.29, 0.717) is 16.7 Å². The summed E-state index contributed by atoms with van der Waals surface area (Å²) in [4.78, 5) is 0. The van der Waals surface area contributed by atoms with Crippen LogP contribution in [0.3, 0.4) is 0 Å². The summed E-state index contributed by atoms with van der Waals surface area (Å²) in [6, 6.07) is 1.86. The molecule has 1 unspecified atom stereocenters. The molecule has 0 aromatic heterocycles. The molecule has 4 heteroatoms. The Morgan fingerprint density at radius 2 is 2.33 bits per heavy atom. The lowest BCUT2D eigenvalue weighted by Crippen LogP contribution is -2.30. The van der Waals surface area contributed by atoms with Crippen molar-refractivity contribution in [2.45, 2.75) is 26.2 Å². The second-order valence-corrected chi connectivity index (χ2v) is 5.35. The number of methoxy groups -OCH3 is 1. The monoisotopic (exact) mass is 269 g/mol. The topological polar surface area (TPSA) is 41.5 Å². The van der Waals surface area contributed by atoms with E-state index in [1.54, 1.807) is 7.11 Å². The molecule has 1 fully saturated rings. The van der Waals surface area contributed by atoms with Gasteiger partial charge in [0, 0.05) is 10.6 Å². The van der Waals surface area contributed by atoms with E-state index in [1.165, 1.54) is 12.8 Å². The summed E-state index contributed by atoms with van der Waals surface area (Å²) in [7, 11) is 1.56. The van der Waals surface area contributed by atoms with Gasteiger partial charge in [0.15, 0.2) is 11.5 Å². The predicted octanol–water partition coefficient (Wildman–Crippen LogP) is 2.90. The van der Waals surface area contributed by atoms with Crippen molar-refractivity contribution in [3.8, 4) is 11.5 Å². The zero-order chi connectivity index (χ0) is 13.1. The van der Waals surface area contributed by atoms with E-state index in [9.17, 15) is 5.11 Å². The van der Waals surface area contributed by atoms with Crippen LogP contribution >= 0.6 is 11.6 Å². The number of nitrogens with one attached hydrogen (secondary N) is 1. The molecule has 1 atom stereocenters. The van der Waals surface area contributed by atoms with E-state index in [1.807, 2.05) is 13.0 Å². The summed E-state index contributed by atoms with van der Waals surface area (Å²) in [6.07, 6.45) is 3.23. The molecular formula is C14H20ClNO2. The van der Waals surface area contributed by atoms with Crippen LogP contribution in [0.15, 0.2) is 6.07 Å². The molecule has 2 N–H and O–H groups in total. The van der Waals surface area contributed by atoms with Gasteiger partial charge in [0.2, 0.25) is 0 Å². The third-order valence-corrected chi connectivity index (χ3v) is 4.02. The Balaban J connectivity index is 2.24. The molecular weight excluding hydrogens is 250 g/mol. The van der Waals surface area contributed by atoms with Gasteiger partial charge in [-0.25, -0.2) is 0 Å². The first-order valence-corrected chi connectivity index (χ1v) is 6.77. The molecule has 100 valence electrons. The van der Waals surface area contributed by atoms with E-state index in [0.717, 1.165) is 30.6 Å². The van der Waals surface area contributed by atoms with E-state index in [-0.39, 0.29) is 5.75 Å². The smallest absolute Gasteiger partial charge is 0.165 e. The SMILES string of the molecule is COc1c(C)c(Cl)cc(CC2CCCNC2)c1O. The maximum Gasteiger partial charge on any atom is 0.165 e. The molecule has 2 rings (SSSR count). The normalized spacial score (nSPS) is 19.8. The van der Waals surface area contributed by atoms with Crippen molar-refractivity contribution in [2.75, 3.05) is 20.2 Å². The lowest BCUT2D eigenvalue weighted by atomic mass is 9.91. The average Bonchev–Trinajstić information content (AvgIpc) is 2.38. The van der Waals surface area contributed by atoms with Crippen molar-refractivity contribution in [1.29, 1.82) is 0 Å². The van der Waals surface area contributed by atoms with Gasteiger partial charge in [-0.1, -0.05) is 11.6 Å². The molecule has 0 saturated carbocycles. The molecule has 0 bridgehead atoms. The number of piperidine rings is 1. The predicted molar refractivity (Wildman–Crippen MR) is 73.7 cm³/mol. The second kappa shape index (κ2) is 5.81. The van der Waals surface area contributed by atoms with Gasteiger partial charge < -0.3 is 15.2 Å². The highest BCUT2D eigenvalue weighted by molar-refractivity contribution is 6.31. The van der Waals surface area contributed by atoms with Gasteiger partial charge in [0.05, 0.1) is 7.11 Å². The number of benzene rings is 1. The fourth-order valence-electron chi connectivity index (χ4n) is 2.58. The Hall–Kier alpha value is -0.930. The lowest BCUT2D eigenvalue weighted by molar-refractivity contribution is 0.352. The van der Waals surface area contributed by atoms with Gasteiger partial charge in [-0.3, -0.25) is 0 Å². The minimum Gasteiger partial charge on any atom is -0.504 e. The summed E-state index contributed by atoms with van der Waals surface area (Å²) < 4.78 is 5.24. The first kappa shape index (κ1) is 13.5. The third kappa shape index (κ3) is 2.73. The Morgan fingerprint density at radius 3 is 2.94 bits per heavy atom. The number of aromatic hydroxyl groups is 1. The van der Waals surface area contributed by atoms with Gasteiger partial charge in [-0.05, 0) is 56.8 Å². The number of rotatable bonds is 3. The van der Waals surface area contributed by atoms with Crippen molar-refractivity contribution < 1.29 is 9.84 Å². The second-order valence-electron chi connectivity index (χ2n) is 4.94. The van der Waals surface area contributed by atoms with Crippen LogP contribution in [0.1, 0.15) is 24.0 Å². The molecule has 3 nitrogen and oxygen atoms in total. The molecule has 1 aliphatic heterocycles. The molecule has 1 aromatic rings. The van der Waals surface area contributed by atoms with Crippen molar-refractivity contribution >= 4 is 11.6 Å². The van der Waals surface area contributed by atoms with Crippen molar-refractivity contribution in [3.05, 3.63) is 22.2 Å². The fourth-order valence-corrected chi connectivity index (χ4v) is 2.79. The summed E-state index contributed by atoms with van der Waals surface area (Å²) in [5.41, 5.74) is 1.68. The zero-order valence-corrected chi connectivity index (χ0v) is 11.7. The molecule has 18 heavy (non-hydrogen) atoms. The summed E-state index contributed by atoms with van der Waals surface area (Å²) >= 11 is 6.18. The largest absolute Gasteiger partial charge is 0.504 e. The maximum absolute atomic E-state index is 10.2. The van der Waals surface area contributed by atoms with Crippen molar-refractivity contribution in [1.82, 2.24) is 5.32 Å². The first-order valence-electron chi connectivity index (χ1n) is 6.39. The molecule has 0 radical (unpaired) electrons. The van der Waals surface area contributed by atoms with Gasteiger partial charge >= 0.3 is 0 Å². The van der Waals surface area contributed by atoms with Crippen LogP contribution in [0.4, 0.5) is 0 Å². The maximum atomic E-state index is 10.2. The van der Waals surface area contributed by atoms with Crippen molar-refractivity contribution in [3.63, 3.8) is 0 Å². The average molecular weight is 270 g/mol. The molecule has 1 heterocycles. The van der Waals surface area contributed by atoms with Crippen LogP contribution in [0.2, 0.25) is 5.02 Å². The summed E-state index contributed by atoms with van der Waals surface area (Å²) in [6.45, 7) is 3.96. The Kier molecular flexibility index (Phi) is 4.36. The number of phenols is 1. The molecule has 0 aliphatic carbocycles. The molecule has 1 aliphatic rings. The van der Waals surface area contributed by atoms with Gasteiger partial charge in [0.25, 0.3) is 0 Å². The van der Waals surface area contributed by atoms with E-state index < -0.39 is 0 Å². The van der Waals surface area contributed by atoms with Crippen LogP contribution in [-0.4, -0.2) is 25.3 Å². The number of hydrogen-bond donors (Lipinski definition) is 2. The van der Waals surface area contributed by atoms with Crippen LogP contribution in [0, 0.1) is 12.8 Å². The highest BCUT2D eigenvalue weighted by Crippen LogP contribution is 2.39. The Labute approximate surface area is 113 Å². The number of phenolic OH excluding ortho intramolecular Hbond substituents is 1. The van der Waals surface area contributed by atoms with Gasteiger partial charge in [0.1, 0.15) is 0 Å². The quantitative estimate of drug-likeness (QED) is 0.887. The van der Waals surface area contributed by atoms with Crippen molar-refractivity contribution in [2.24, 2.45) is 5.92 Å². The first-order chi connectivity index (χ1) is 8.63. The number of hydrogen-bond acceptors (Lipinski definition) is 3. The minimum absolute atomic E-state index is 0.241. The van der Waals surface area contributed by atoms with Crippen LogP contribution < -0.4 is 10.1 Å². The Bertz CT molecular complexity index is 428. The number of ether oxygens (including phenoxy) is 1. The molecule has 1 aromatic carbocycles. The van der Waals surface area contributed by atoms with E-state index in [2.05, 4.69) is 5.32 Å². The van der Waals surface area contributed by atoms with Gasteiger partial charge in [-0.15, -0.1) is 0 Å². The van der Waals surface area contributed by atoms with Crippen LogP contribution in [-0.2, 0) is 6.42 Å². The summed E-state index contributed by atoms with van der Waals surface area (Å²) in [5.74, 6) is 1.30. The zero-order valence-electron chi connectivity index (χ0n) is 10.9. The highest BCUT2D eigenvalue weighted by Gasteiger charge is 2.19. The Morgan fingerprint density at radius 1 is 1.56 bits per heavy atom.